The van der Waals surface area contributed by atoms with Crippen LogP contribution in [0.3, 0.4) is 0 Å². The molecule has 178 valence electrons. The van der Waals surface area contributed by atoms with Crippen LogP contribution in [0.15, 0.2) is 71.1 Å². The Bertz CT molecular complexity index is 1390. The average Bonchev–Trinajstić information content (AvgIpc) is 3.32. The second kappa shape index (κ2) is 9.42. The Kier molecular flexibility index (Phi) is 6.01. The second-order valence-corrected chi connectivity index (χ2v) is 8.11. The van der Waals surface area contributed by atoms with E-state index in [2.05, 4.69) is 5.32 Å². The zero-order valence-electron chi connectivity index (χ0n) is 18.9. The van der Waals surface area contributed by atoms with Crippen LogP contribution in [0.2, 0.25) is 0 Å². The molecular formula is C27H23NO7. The molecule has 1 amide bonds. The van der Waals surface area contributed by atoms with Crippen LogP contribution in [-0.2, 0) is 11.2 Å². The molecule has 1 atom stereocenters. The summed E-state index contributed by atoms with van der Waals surface area (Å²) in [6.07, 6.45) is 0.113. The predicted molar refractivity (Wildman–Crippen MR) is 128 cm³/mol. The molecule has 1 aliphatic heterocycles. The van der Waals surface area contributed by atoms with Gasteiger partial charge in [0.25, 0.3) is 5.91 Å². The molecule has 1 aliphatic rings. The van der Waals surface area contributed by atoms with Crippen molar-refractivity contribution in [3.8, 4) is 28.4 Å². The van der Waals surface area contributed by atoms with Crippen molar-refractivity contribution in [1.29, 1.82) is 0 Å². The predicted octanol–water partition coefficient (Wildman–Crippen LogP) is 4.31. The van der Waals surface area contributed by atoms with Gasteiger partial charge < -0.3 is 29.1 Å². The minimum absolute atomic E-state index is 0.0333. The molecule has 0 radical (unpaired) electrons. The fourth-order valence-corrected chi connectivity index (χ4v) is 4.05. The summed E-state index contributed by atoms with van der Waals surface area (Å²) in [6, 6.07) is 18.8. The molecule has 0 aliphatic carbocycles. The average molecular weight is 473 g/mol. The van der Waals surface area contributed by atoms with Crippen LogP contribution < -0.4 is 19.5 Å². The van der Waals surface area contributed by atoms with Gasteiger partial charge in [-0.25, -0.2) is 4.79 Å². The maximum Gasteiger partial charge on any atom is 0.326 e. The standard InChI is InChI=1S/C27H23NO7/c1-32-19-9-10-22-18(14-19)15-24(35-22)26(29)28-21(27(30)31)13-16-5-7-17(8-6-16)20-3-2-4-23-25(20)34-12-11-33-23/h2-10,14-15,21H,11-13H2,1H3,(H,28,29)(H,30,31). The Morgan fingerprint density at radius 3 is 2.60 bits per heavy atom. The molecule has 0 saturated carbocycles. The molecule has 8 nitrogen and oxygen atoms in total. The molecular weight excluding hydrogens is 450 g/mol. The van der Waals surface area contributed by atoms with E-state index in [0.29, 0.717) is 41.4 Å². The lowest BCUT2D eigenvalue weighted by Crippen LogP contribution is -2.42. The number of para-hydroxylation sites is 1. The van der Waals surface area contributed by atoms with Crippen LogP contribution in [0.5, 0.6) is 17.2 Å². The number of amides is 1. The van der Waals surface area contributed by atoms with Crippen molar-refractivity contribution in [2.24, 2.45) is 0 Å². The van der Waals surface area contributed by atoms with Gasteiger partial charge >= 0.3 is 5.97 Å². The SMILES string of the molecule is COc1ccc2oc(C(=O)NC(Cc3ccc(-c4cccc5c4OCCO5)cc3)C(=O)O)cc2c1. The molecule has 5 rings (SSSR count). The van der Waals surface area contributed by atoms with Crippen LogP contribution >= 0.6 is 0 Å². The number of hydrogen-bond donors (Lipinski definition) is 2. The summed E-state index contributed by atoms with van der Waals surface area (Å²) in [4.78, 5) is 24.6. The maximum atomic E-state index is 12.7. The molecule has 1 aromatic heterocycles. The number of methoxy groups -OCH3 is 1. The molecule has 35 heavy (non-hydrogen) atoms. The summed E-state index contributed by atoms with van der Waals surface area (Å²) in [5.41, 5.74) is 3.09. The van der Waals surface area contributed by atoms with Gasteiger partial charge in [-0.2, -0.15) is 0 Å². The van der Waals surface area contributed by atoms with Crippen molar-refractivity contribution in [2.75, 3.05) is 20.3 Å². The number of nitrogens with one attached hydrogen (secondary N) is 1. The van der Waals surface area contributed by atoms with Gasteiger partial charge in [-0.15, -0.1) is 0 Å². The van der Waals surface area contributed by atoms with Gasteiger partial charge in [-0.3, -0.25) is 4.79 Å². The summed E-state index contributed by atoms with van der Waals surface area (Å²) < 4.78 is 22.2. The van der Waals surface area contributed by atoms with Crippen LogP contribution in [-0.4, -0.2) is 43.3 Å². The van der Waals surface area contributed by atoms with E-state index < -0.39 is 17.9 Å². The topological polar surface area (TPSA) is 107 Å². The zero-order valence-corrected chi connectivity index (χ0v) is 18.9. The lowest BCUT2D eigenvalue weighted by atomic mass is 9.99. The third-order valence-corrected chi connectivity index (χ3v) is 5.82. The number of carbonyl (C=O) groups excluding carboxylic acids is 1. The fraction of sp³-hybridized carbons (Fsp3) is 0.185. The molecule has 0 bridgehead atoms. The van der Waals surface area contributed by atoms with Crippen molar-refractivity contribution < 1.29 is 33.3 Å². The lowest BCUT2D eigenvalue weighted by Gasteiger charge is -2.21. The molecule has 8 heteroatoms. The van der Waals surface area contributed by atoms with E-state index in [9.17, 15) is 14.7 Å². The lowest BCUT2D eigenvalue weighted by molar-refractivity contribution is -0.139. The van der Waals surface area contributed by atoms with Crippen LogP contribution in [0.4, 0.5) is 0 Å². The van der Waals surface area contributed by atoms with E-state index in [1.165, 1.54) is 0 Å². The molecule has 1 unspecified atom stereocenters. The highest BCUT2D eigenvalue weighted by atomic mass is 16.6. The number of furan rings is 1. The van der Waals surface area contributed by atoms with E-state index in [-0.39, 0.29) is 12.2 Å². The first-order valence-corrected chi connectivity index (χ1v) is 11.1. The van der Waals surface area contributed by atoms with Gasteiger partial charge in [-0.05, 0) is 41.5 Å². The zero-order chi connectivity index (χ0) is 24.4. The van der Waals surface area contributed by atoms with Gasteiger partial charge in [-0.1, -0.05) is 36.4 Å². The van der Waals surface area contributed by atoms with Crippen molar-refractivity contribution in [3.05, 3.63) is 78.1 Å². The summed E-state index contributed by atoms with van der Waals surface area (Å²) in [7, 11) is 1.55. The first-order valence-electron chi connectivity index (χ1n) is 11.1. The van der Waals surface area contributed by atoms with Crippen LogP contribution in [0, 0.1) is 0 Å². The van der Waals surface area contributed by atoms with E-state index in [1.807, 2.05) is 42.5 Å². The van der Waals surface area contributed by atoms with Crippen LogP contribution in [0.25, 0.3) is 22.1 Å². The molecule has 3 aromatic carbocycles. The number of rotatable bonds is 7. The van der Waals surface area contributed by atoms with Gasteiger partial charge in [0, 0.05) is 17.4 Å². The quantitative estimate of drug-likeness (QED) is 0.412. The summed E-state index contributed by atoms with van der Waals surface area (Å²) in [6.45, 7) is 1.00. The van der Waals surface area contributed by atoms with Crippen molar-refractivity contribution in [1.82, 2.24) is 5.32 Å². The Balaban J connectivity index is 1.31. The number of carbonyl (C=O) groups is 2. The number of benzene rings is 3. The number of hydrogen-bond acceptors (Lipinski definition) is 6. The highest BCUT2D eigenvalue weighted by Crippen LogP contribution is 2.39. The van der Waals surface area contributed by atoms with Crippen LogP contribution in [0.1, 0.15) is 16.1 Å². The smallest absolute Gasteiger partial charge is 0.326 e. The third-order valence-electron chi connectivity index (χ3n) is 5.82. The van der Waals surface area contributed by atoms with E-state index in [1.54, 1.807) is 31.4 Å². The Labute approximate surface area is 201 Å². The van der Waals surface area contributed by atoms with E-state index in [4.69, 9.17) is 18.6 Å². The minimum Gasteiger partial charge on any atom is -0.497 e. The molecule has 0 spiro atoms. The molecule has 2 N–H and O–H groups in total. The first-order chi connectivity index (χ1) is 17.0. The van der Waals surface area contributed by atoms with Crippen molar-refractivity contribution in [2.45, 2.75) is 12.5 Å². The molecule has 0 fully saturated rings. The highest BCUT2D eigenvalue weighted by molar-refractivity contribution is 5.98. The number of fused-ring (bicyclic) bond motifs is 2. The highest BCUT2D eigenvalue weighted by Gasteiger charge is 2.24. The second-order valence-electron chi connectivity index (χ2n) is 8.11. The van der Waals surface area contributed by atoms with Gasteiger partial charge in [0.2, 0.25) is 0 Å². The van der Waals surface area contributed by atoms with Crippen molar-refractivity contribution in [3.63, 3.8) is 0 Å². The first kappa shape index (κ1) is 22.3. The summed E-state index contributed by atoms with van der Waals surface area (Å²) >= 11 is 0. The minimum atomic E-state index is -1.14. The number of carboxylic acids is 1. The Morgan fingerprint density at radius 2 is 1.83 bits per heavy atom. The van der Waals surface area contributed by atoms with E-state index in [0.717, 1.165) is 16.7 Å². The molecule has 4 aromatic rings. The van der Waals surface area contributed by atoms with Gasteiger partial charge in [0.15, 0.2) is 17.3 Å². The van der Waals surface area contributed by atoms with Gasteiger partial charge in [0.1, 0.15) is 30.6 Å². The van der Waals surface area contributed by atoms with Crippen molar-refractivity contribution >= 4 is 22.8 Å². The molecule has 0 saturated heterocycles. The largest absolute Gasteiger partial charge is 0.497 e. The summed E-state index contributed by atoms with van der Waals surface area (Å²) in [5.74, 6) is 0.333. The summed E-state index contributed by atoms with van der Waals surface area (Å²) in [5, 5.41) is 13.0. The van der Waals surface area contributed by atoms with E-state index >= 15 is 0 Å². The van der Waals surface area contributed by atoms with Gasteiger partial charge in [0.05, 0.1) is 7.11 Å². The maximum absolute atomic E-state index is 12.7. The third kappa shape index (κ3) is 4.63. The fourth-order valence-electron chi connectivity index (χ4n) is 4.05. The number of ether oxygens (including phenoxy) is 3. The molecule has 2 heterocycles. The number of aliphatic carboxylic acids is 1. The normalized spacial score (nSPS) is 13.3. The monoisotopic (exact) mass is 473 g/mol. The number of carboxylic acid groups (broad SMARTS) is 1. The Morgan fingerprint density at radius 1 is 1.03 bits per heavy atom. The Hall–Kier alpha value is -4.46.